The molecule has 2 amide bonds. The normalized spacial score (nSPS) is 13.2. The van der Waals surface area contributed by atoms with Crippen molar-refractivity contribution in [3.63, 3.8) is 0 Å². The Morgan fingerprint density at radius 2 is 1.79 bits per heavy atom. The van der Waals surface area contributed by atoms with Crippen molar-refractivity contribution < 1.29 is 14.3 Å². The number of methoxy groups -OCH3 is 1. The van der Waals surface area contributed by atoms with Crippen molar-refractivity contribution in [2.45, 2.75) is 38.8 Å². The van der Waals surface area contributed by atoms with Gasteiger partial charge in [0, 0.05) is 18.3 Å². The van der Waals surface area contributed by atoms with E-state index in [1.165, 1.54) is 0 Å². The van der Waals surface area contributed by atoms with Gasteiger partial charge in [-0.2, -0.15) is 0 Å². The molecule has 6 nitrogen and oxygen atoms in total. The number of benzene rings is 2. The van der Waals surface area contributed by atoms with Crippen LogP contribution in [0.5, 0.6) is 5.75 Å². The van der Waals surface area contributed by atoms with Crippen LogP contribution >= 0.6 is 0 Å². The van der Waals surface area contributed by atoms with E-state index in [-0.39, 0.29) is 24.9 Å². The summed E-state index contributed by atoms with van der Waals surface area (Å²) in [6.07, 6.45) is 3.06. The largest absolute Gasteiger partial charge is 0.497 e. The third-order valence-electron chi connectivity index (χ3n) is 5.07. The Balaban J connectivity index is 1.48. The topological polar surface area (TPSA) is 70.7 Å². The molecule has 0 aromatic heterocycles. The van der Waals surface area contributed by atoms with Gasteiger partial charge in [0.2, 0.25) is 11.8 Å². The number of hydrogen-bond donors (Lipinski definition) is 2. The second-order valence-electron chi connectivity index (χ2n) is 7.32. The molecule has 154 valence electrons. The zero-order valence-corrected chi connectivity index (χ0v) is 17.1. The number of nitrogens with zero attached hydrogens (tertiary/aromatic N) is 1. The molecule has 3 rings (SSSR count). The molecule has 0 aliphatic heterocycles. The lowest BCUT2D eigenvalue weighted by Gasteiger charge is -2.21. The smallest absolute Gasteiger partial charge is 0.243 e. The third-order valence-corrected chi connectivity index (χ3v) is 5.07. The van der Waals surface area contributed by atoms with Crippen LogP contribution in [-0.2, 0) is 22.6 Å². The van der Waals surface area contributed by atoms with Crippen molar-refractivity contribution in [1.82, 2.24) is 10.2 Å². The van der Waals surface area contributed by atoms with Crippen LogP contribution in [0.3, 0.4) is 0 Å². The quantitative estimate of drug-likeness (QED) is 0.649. The van der Waals surface area contributed by atoms with E-state index in [4.69, 9.17) is 4.74 Å². The van der Waals surface area contributed by atoms with Crippen molar-refractivity contribution >= 4 is 17.5 Å². The van der Waals surface area contributed by atoms with Crippen molar-refractivity contribution in [2.24, 2.45) is 0 Å². The number of nitrogens with one attached hydrogen (secondary N) is 2. The first-order chi connectivity index (χ1) is 14.1. The van der Waals surface area contributed by atoms with Crippen LogP contribution in [0.15, 0.2) is 48.5 Å². The van der Waals surface area contributed by atoms with Gasteiger partial charge in [-0.25, -0.2) is 0 Å². The van der Waals surface area contributed by atoms with E-state index in [1.807, 2.05) is 55.5 Å². The number of amides is 2. The Labute approximate surface area is 172 Å². The number of para-hydroxylation sites is 1. The number of aryl methyl sites for hydroxylation is 1. The molecule has 0 spiro atoms. The molecule has 0 saturated heterocycles. The zero-order chi connectivity index (χ0) is 20.6. The number of carbonyl (C=O) groups excluding carboxylic acids is 2. The van der Waals surface area contributed by atoms with Gasteiger partial charge in [-0.1, -0.05) is 37.3 Å². The maximum Gasteiger partial charge on any atom is 0.243 e. The Morgan fingerprint density at radius 1 is 1.07 bits per heavy atom. The Morgan fingerprint density at radius 3 is 2.45 bits per heavy atom. The number of ether oxygens (including phenoxy) is 1. The Bertz CT molecular complexity index is 832. The van der Waals surface area contributed by atoms with Crippen LogP contribution in [0.1, 0.15) is 30.9 Å². The lowest BCUT2D eigenvalue weighted by Crippen LogP contribution is -2.41. The predicted octanol–water partition coefficient (Wildman–Crippen LogP) is 2.98. The maximum atomic E-state index is 12.4. The van der Waals surface area contributed by atoms with Crippen molar-refractivity contribution in [3.8, 4) is 5.75 Å². The highest BCUT2D eigenvalue weighted by Gasteiger charge is 2.30. The van der Waals surface area contributed by atoms with Crippen LogP contribution in [0.4, 0.5) is 5.69 Å². The van der Waals surface area contributed by atoms with E-state index in [9.17, 15) is 9.59 Å². The standard InChI is InChI=1S/C23H29N3O3/c1-3-18-6-4-5-7-21(18)25-22(27)14-24-23(28)16-26(19-10-11-19)15-17-8-12-20(29-2)13-9-17/h4-9,12-13,19H,3,10-11,14-16H2,1-2H3,(H,24,28)(H,25,27). The summed E-state index contributed by atoms with van der Waals surface area (Å²) in [5.41, 5.74) is 3.01. The molecule has 6 heteroatoms. The van der Waals surface area contributed by atoms with Gasteiger partial charge in [0.1, 0.15) is 5.75 Å². The minimum absolute atomic E-state index is 0.0298. The summed E-state index contributed by atoms with van der Waals surface area (Å²) in [5, 5.41) is 5.62. The molecule has 0 heterocycles. The number of rotatable bonds is 10. The molecule has 29 heavy (non-hydrogen) atoms. The molecule has 2 N–H and O–H groups in total. The summed E-state index contributed by atoms with van der Waals surface area (Å²) in [4.78, 5) is 26.8. The Kier molecular flexibility index (Phi) is 7.25. The van der Waals surface area contributed by atoms with Crippen LogP contribution in [0.2, 0.25) is 0 Å². The Hall–Kier alpha value is -2.86. The first-order valence-corrected chi connectivity index (χ1v) is 10.1. The number of anilines is 1. The van der Waals surface area contributed by atoms with Gasteiger partial charge in [-0.15, -0.1) is 0 Å². The van der Waals surface area contributed by atoms with Crippen LogP contribution in [0, 0.1) is 0 Å². The van der Waals surface area contributed by atoms with E-state index >= 15 is 0 Å². The average Bonchev–Trinajstić information content (AvgIpc) is 3.58. The molecule has 0 radical (unpaired) electrons. The summed E-state index contributed by atoms with van der Waals surface area (Å²) in [6, 6.07) is 16.0. The van der Waals surface area contributed by atoms with Gasteiger partial charge >= 0.3 is 0 Å². The lowest BCUT2D eigenvalue weighted by atomic mass is 10.1. The third kappa shape index (κ3) is 6.32. The fraction of sp³-hybridized carbons (Fsp3) is 0.391. The van der Waals surface area contributed by atoms with E-state index in [1.54, 1.807) is 7.11 Å². The van der Waals surface area contributed by atoms with Crippen LogP contribution < -0.4 is 15.4 Å². The summed E-state index contributed by atoms with van der Waals surface area (Å²) >= 11 is 0. The highest BCUT2D eigenvalue weighted by Crippen LogP contribution is 2.28. The van der Waals surface area contributed by atoms with Gasteiger partial charge in [-0.05, 0) is 48.6 Å². The fourth-order valence-electron chi connectivity index (χ4n) is 3.28. The summed E-state index contributed by atoms with van der Waals surface area (Å²) < 4.78 is 5.19. The molecular formula is C23H29N3O3. The van der Waals surface area contributed by atoms with E-state index < -0.39 is 0 Å². The molecule has 0 bridgehead atoms. The monoisotopic (exact) mass is 395 g/mol. The number of hydrogen-bond acceptors (Lipinski definition) is 4. The van der Waals surface area contributed by atoms with Gasteiger partial charge in [-0.3, -0.25) is 14.5 Å². The summed E-state index contributed by atoms with van der Waals surface area (Å²) in [6.45, 7) is 3.01. The van der Waals surface area contributed by atoms with E-state index in [2.05, 4.69) is 15.5 Å². The van der Waals surface area contributed by atoms with Gasteiger partial charge in [0.25, 0.3) is 0 Å². The minimum atomic E-state index is -0.215. The number of carbonyl (C=O) groups is 2. The van der Waals surface area contributed by atoms with Crippen LogP contribution in [0.25, 0.3) is 0 Å². The molecule has 1 aliphatic carbocycles. The highest BCUT2D eigenvalue weighted by atomic mass is 16.5. The van der Waals surface area contributed by atoms with Crippen molar-refractivity contribution in [1.29, 1.82) is 0 Å². The molecule has 1 saturated carbocycles. The molecule has 2 aromatic carbocycles. The predicted molar refractivity (Wildman–Crippen MR) is 114 cm³/mol. The molecule has 1 aliphatic rings. The van der Waals surface area contributed by atoms with Gasteiger partial charge in [0.15, 0.2) is 0 Å². The molecule has 0 atom stereocenters. The molecular weight excluding hydrogens is 366 g/mol. The first-order valence-electron chi connectivity index (χ1n) is 10.1. The van der Waals surface area contributed by atoms with E-state index in [0.717, 1.165) is 41.8 Å². The second kappa shape index (κ2) is 10.1. The first kappa shape index (κ1) is 20.9. The highest BCUT2D eigenvalue weighted by molar-refractivity contribution is 5.95. The van der Waals surface area contributed by atoms with Crippen LogP contribution in [-0.4, -0.2) is 43.0 Å². The van der Waals surface area contributed by atoms with Gasteiger partial charge < -0.3 is 15.4 Å². The SMILES string of the molecule is CCc1ccccc1NC(=O)CNC(=O)CN(Cc1ccc(OC)cc1)C1CC1. The van der Waals surface area contributed by atoms with E-state index in [0.29, 0.717) is 12.6 Å². The summed E-state index contributed by atoms with van der Waals surface area (Å²) in [7, 11) is 1.65. The maximum absolute atomic E-state index is 12.4. The second-order valence-corrected chi connectivity index (χ2v) is 7.32. The lowest BCUT2D eigenvalue weighted by molar-refractivity contribution is -0.125. The van der Waals surface area contributed by atoms with Crippen molar-refractivity contribution in [3.05, 3.63) is 59.7 Å². The fourth-order valence-corrected chi connectivity index (χ4v) is 3.28. The molecule has 2 aromatic rings. The minimum Gasteiger partial charge on any atom is -0.497 e. The van der Waals surface area contributed by atoms with Crippen molar-refractivity contribution in [2.75, 3.05) is 25.5 Å². The van der Waals surface area contributed by atoms with Gasteiger partial charge in [0.05, 0.1) is 20.2 Å². The molecule has 1 fully saturated rings. The zero-order valence-electron chi connectivity index (χ0n) is 17.1. The molecule has 0 unspecified atom stereocenters. The summed E-state index contributed by atoms with van der Waals surface area (Å²) in [5.74, 6) is 0.469. The average molecular weight is 396 g/mol.